The number of carbonyl (C=O) groups is 1. The second-order valence-electron chi connectivity index (χ2n) is 4.52. The van der Waals surface area contributed by atoms with Crippen molar-refractivity contribution in [3.63, 3.8) is 0 Å². The molecule has 1 aliphatic heterocycles. The molecule has 1 heterocycles. The topological polar surface area (TPSA) is 50.7 Å². The van der Waals surface area contributed by atoms with E-state index in [1.54, 1.807) is 23.9 Å². The van der Waals surface area contributed by atoms with Crippen molar-refractivity contribution in [1.29, 1.82) is 0 Å². The number of nitrogens with zero attached hydrogens (tertiary/aromatic N) is 1. The lowest BCUT2D eigenvalue weighted by atomic mass is 10.1. The normalized spacial score (nSPS) is 17.0. The lowest BCUT2D eigenvalue weighted by Crippen LogP contribution is -2.07. The zero-order valence-corrected chi connectivity index (χ0v) is 12.3. The molecule has 1 aliphatic rings. The maximum absolute atomic E-state index is 11.4. The molecule has 0 radical (unpaired) electrons. The molecule has 5 heteroatoms. The quantitative estimate of drug-likeness (QED) is 0.884. The van der Waals surface area contributed by atoms with E-state index in [2.05, 4.69) is 10.5 Å². The second kappa shape index (κ2) is 6.01. The third-order valence-corrected chi connectivity index (χ3v) is 4.33. The molecule has 0 aromatic heterocycles. The number of hydrazone groups is 1. The molecule has 0 amide bonds. The molecule has 0 saturated carbocycles. The van der Waals surface area contributed by atoms with Gasteiger partial charge >= 0.3 is 5.97 Å². The van der Waals surface area contributed by atoms with Crippen molar-refractivity contribution in [3.8, 4) is 0 Å². The smallest absolute Gasteiger partial charge is 0.337 e. The number of carbonyl (C=O) groups excluding carboxylic acids is 1. The molecule has 1 N–H and O–H groups in total. The first-order valence-corrected chi connectivity index (χ1v) is 7.39. The highest BCUT2D eigenvalue weighted by molar-refractivity contribution is 8.14. The first kappa shape index (κ1) is 13.7. The molecule has 0 bridgehead atoms. The Balaban J connectivity index is 1.72. The minimum absolute atomic E-state index is 0.0619. The molecular formula is C16H14N2O2S. The van der Waals surface area contributed by atoms with Gasteiger partial charge in [0.2, 0.25) is 0 Å². The number of rotatable bonds is 3. The molecule has 3 rings (SSSR count). The van der Waals surface area contributed by atoms with E-state index in [0.717, 1.165) is 16.2 Å². The highest BCUT2D eigenvalue weighted by atomic mass is 32.2. The van der Waals surface area contributed by atoms with E-state index in [9.17, 15) is 4.79 Å². The Morgan fingerprint density at radius 3 is 2.52 bits per heavy atom. The lowest BCUT2D eigenvalue weighted by Gasteiger charge is -2.10. The van der Waals surface area contributed by atoms with Gasteiger partial charge in [0.15, 0.2) is 0 Å². The minimum atomic E-state index is -0.324. The van der Waals surface area contributed by atoms with Crippen molar-refractivity contribution in [2.24, 2.45) is 5.10 Å². The van der Waals surface area contributed by atoms with E-state index < -0.39 is 0 Å². The van der Waals surface area contributed by atoms with Crippen molar-refractivity contribution < 1.29 is 9.53 Å². The number of methoxy groups -OCH3 is 1. The number of thioether (sulfide) groups is 1. The van der Waals surface area contributed by atoms with E-state index in [0.29, 0.717) is 5.56 Å². The summed E-state index contributed by atoms with van der Waals surface area (Å²) in [5, 5.41) is 5.41. The van der Waals surface area contributed by atoms with E-state index in [-0.39, 0.29) is 11.3 Å². The number of esters is 1. The Morgan fingerprint density at radius 2 is 1.86 bits per heavy atom. The standard InChI is InChI=1S/C16H14N2O2S/c1-20-16(19)13-9-7-12(8-10-13)15-18-17-14(21-15)11-5-3-2-4-6-11/h2-10,15,18H,1H3/t15-/m0/s1. The molecule has 21 heavy (non-hydrogen) atoms. The van der Waals surface area contributed by atoms with E-state index in [1.807, 2.05) is 42.5 Å². The molecule has 0 saturated heterocycles. The maximum atomic E-state index is 11.4. The van der Waals surface area contributed by atoms with Crippen molar-refractivity contribution in [2.45, 2.75) is 5.37 Å². The van der Waals surface area contributed by atoms with Crippen LogP contribution in [0.25, 0.3) is 0 Å². The molecule has 1 atom stereocenters. The van der Waals surface area contributed by atoms with Gasteiger partial charge in [-0.05, 0) is 17.7 Å². The van der Waals surface area contributed by atoms with Gasteiger partial charge in [0.25, 0.3) is 0 Å². The Bertz CT molecular complexity index is 668. The van der Waals surface area contributed by atoms with Crippen LogP contribution in [0, 0.1) is 0 Å². The van der Waals surface area contributed by atoms with Crippen LogP contribution in [0.4, 0.5) is 0 Å². The molecule has 4 nitrogen and oxygen atoms in total. The summed E-state index contributed by atoms with van der Waals surface area (Å²) in [6.45, 7) is 0. The molecule has 0 aliphatic carbocycles. The van der Waals surface area contributed by atoms with Crippen LogP contribution in [0.2, 0.25) is 0 Å². The number of nitrogens with one attached hydrogen (secondary N) is 1. The third kappa shape index (κ3) is 2.92. The van der Waals surface area contributed by atoms with Gasteiger partial charge in [0, 0.05) is 5.56 Å². The fraction of sp³-hybridized carbons (Fsp3) is 0.125. The summed E-state index contributed by atoms with van der Waals surface area (Å²) in [6.07, 6.45) is 0. The van der Waals surface area contributed by atoms with Crippen LogP contribution in [-0.2, 0) is 4.74 Å². The van der Waals surface area contributed by atoms with Crippen LogP contribution in [0.15, 0.2) is 59.7 Å². The Labute approximate surface area is 127 Å². The fourth-order valence-corrected chi connectivity index (χ4v) is 3.05. The summed E-state index contributed by atoms with van der Waals surface area (Å²) < 4.78 is 4.69. The summed E-state index contributed by atoms with van der Waals surface area (Å²) in [6, 6.07) is 17.4. The number of hydrogen-bond donors (Lipinski definition) is 1. The SMILES string of the molecule is COC(=O)c1ccc([C@H]2NN=C(c3ccccc3)S2)cc1. The predicted octanol–water partition coefficient (Wildman–Crippen LogP) is 3.17. The average Bonchev–Trinajstić information content (AvgIpc) is 3.05. The van der Waals surface area contributed by atoms with Crippen LogP contribution < -0.4 is 5.43 Å². The summed E-state index contributed by atoms with van der Waals surface area (Å²) >= 11 is 1.66. The van der Waals surface area contributed by atoms with Crippen LogP contribution in [0.3, 0.4) is 0 Å². The lowest BCUT2D eigenvalue weighted by molar-refractivity contribution is 0.0600. The number of ether oxygens (including phenoxy) is 1. The van der Waals surface area contributed by atoms with Gasteiger partial charge in [0.1, 0.15) is 10.4 Å². The molecule has 106 valence electrons. The van der Waals surface area contributed by atoms with E-state index >= 15 is 0 Å². The van der Waals surface area contributed by atoms with Crippen LogP contribution in [0.5, 0.6) is 0 Å². The van der Waals surface area contributed by atoms with E-state index in [1.165, 1.54) is 7.11 Å². The molecule has 2 aromatic rings. The molecule has 2 aromatic carbocycles. The zero-order valence-electron chi connectivity index (χ0n) is 11.4. The largest absolute Gasteiger partial charge is 0.465 e. The zero-order chi connectivity index (χ0) is 14.7. The van der Waals surface area contributed by atoms with E-state index in [4.69, 9.17) is 4.74 Å². The summed E-state index contributed by atoms with van der Waals surface area (Å²) in [5.74, 6) is -0.324. The van der Waals surface area contributed by atoms with Gasteiger partial charge in [-0.1, -0.05) is 54.2 Å². The van der Waals surface area contributed by atoms with Gasteiger partial charge in [-0.2, -0.15) is 5.10 Å². The highest BCUT2D eigenvalue weighted by Gasteiger charge is 2.22. The number of hydrogen-bond acceptors (Lipinski definition) is 5. The molecular weight excluding hydrogens is 284 g/mol. The van der Waals surface area contributed by atoms with Crippen LogP contribution in [-0.4, -0.2) is 18.1 Å². The summed E-state index contributed by atoms with van der Waals surface area (Å²) in [5.41, 5.74) is 5.84. The Morgan fingerprint density at radius 1 is 1.14 bits per heavy atom. The molecule has 0 unspecified atom stereocenters. The first-order valence-electron chi connectivity index (χ1n) is 6.51. The summed E-state index contributed by atoms with van der Waals surface area (Å²) in [7, 11) is 1.38. The molecule has 0 fully saturated rings. The highest BCUT2D eigenvalue weighted by Crippen LogP contribution is 2.34. The maximum Gasteiger partial charge on any atom is 0.337 e. The van der Waals surface area contributed by atoms with Gasteiger partial charge in [0.05, 0.1) is 12.7 Å². The minimum Gasteiger partial charge on any atom is -0.465 e. The van der Waals surface area contributed by atoms with Gasteiger partial charge < -0.3 is 4.74 Å². The summed E-state index contributed by atoms with van der Waals surface area (Å²) in [4.78, 5) is 11.4. The van der Waals surface area contributed by atoms with Crippen molar-refractivity contribution in [2.75, 3.05) is 7.11 Å². The molecule has 0 spiro atoms. The van der Waals surface area contributed by atoms with Crippen LogP contribution in [0.1, 0.15) is 26.9 Å². The van der Waals surface area contributed by atoms with Crippen LogP contribution >= 0.6 is 11.8 Å². The third-order valence-electron chi connectivity index (χ3n) is 3.17. The van der Waals surface area contributed by atoms with Gasteiger partial charge in [-0.3, -0.25) is 5.43 Å². The number of benzene rings is 2. The van der Waals surface area contributed by atoms with Crippen molar-refractivity contribution in [3.05, 3.63) is 71.3 Å². The first-order chi connectivity index (χ1) is 10.3. The van der Waals surface area contributed by atoms with Gasteiger partial charge in [-0.25, -0.2) is 4.79 Å². The average molecular weight is 298 g/mol. The van der Waals surface area contributed by atoms with Gasteiger partial charge in [-0.15, -0.1) is 0 Å². The monoisotopic (exact) mass is 298 g/mol. The second-order valence-corrected chi connectivity index (χ2v) is 5.62. The Kier molecular flexibility index (Phi) is 3.92. The van der Waals surface area contributed by atoms with Crippen molar-refractivity contribution >= 4 is 22.8 Å². The van der Waals surface area contributed by atoms with Crippen molar-refractivity contribution in [1.82, 2.24) is 5.43 Å². The fourth-order valence-electron chi connectivity index (χ4n) is 2.05. The Hall–Kier alpha value is -2.27. The predicted molar refractivity (Wildman–Crippen MR) is 84.2 cm³/mol.